The molecule has 1 aromatic carbocycles. The third-order valence-electron chi connectivity index (χ3n) is 4.73. The van der Waals surface area contributed by atoms with Crippen LogP contribution in [0.15, 0.2) is 24.3 Å². The minimum Gasteiger partial charge on any atom is -0.284 e. The van der Waals surface area contributed by atoms with Crippen molar-refractivity contribution in [1.29, 1.82) is 0 Å². The van der Waals surface area contributed by atoms with Gasteiger partial charge in [-0.3, -0.25) is 4.90 Å². The Morgan fingerprint density at radius 2 is 1.96 bits per heavy atom. The smallest absolute Gasteiger partial charge is 0.217 e. The van der Waals surface area contributed by atoms with E-state index in [0.29, 0.717) is 10.7 Å². The summed E-state index contributed by atoms with van der Waals surface area (Å²) in [5.41, 5.74) is 1.13. The Balaban J connectivity index is 1.40. The second kappa shape index (κ2) is 6.93. The van der Waals surface area contributed by atoms with Gasteiger partial charge in [0.2, 0.25) is 4.77 Å². The number of aromatic nitrogens is 5. The van der Waals surface area contributed by atoms with Gasteiger partial charge in [0.1, 0.15) is 0 Å². The molecule has 0 aliphatic carbocycles. The Labute approximate surface area is 156 Å². The van der Waals surface area contributed by atoms with Crippen molar-refractivity contribution in [3.8, 4) is 0 Å². The zero-order valence-corrected chi connectivity index (χ0v) is 16.1. The minimum atomic E-state index is 0.242. The van der Waals surface area contributed by atoms with Gasteiger partial charge in [0.05, 0.1) is 27.9 Å². The van der Waals surface area contributed by atoms with Gasteiger partial charge in [-0.25, -0.2) is 14.3 Å². The van der Waals surface area contributed by atoms with Crippen molar-refractivity contribution >= 4 is 33.8 Å². The van der Waals surface area contributed by atoms with Crippen molar-refractivity contribution in [2.24, 2.45) is 0 Å². The van der Waals surface area contributed by atoms with Crippen LogP contribution in [0.1, 0.15) is 43.7 Å². The number of rotatable bonds is 4. The molecule has 0 spiro atoms. The number of fused-ring (bicyclic) bond motifs is 1. The van der Waals surface area contributed by atoms with Crippen LogP contribution in [0, 0.1) is 4.77 Å². The number of thiazole rings is 1. The van der Waals surface area contributed by atoms with E-state index in [9.17, 15) is 0 Å². The van der Waals surface area contributed by atoms with Gasteiger partial charge in [0, 0.05) is 19.0 Å². The first-order valence-corrected chi connectivity index (χ1v) is 9.94. The SMILES string of the molecule is CC(C)n1nnn(CN2CCC(c3nc4ccccc4s3)CC2)c1=S. The average Bonchev–Trinajstić information content (AvgIpc) is 3.20. The molecule has 8 heteroatoms. The lowest BCUT2D eigenvalue weighted by molar-refractivity contribution is 0.159. The molecule has 1 aliphatic heterocycles. The fourth-order valence-electron chi connectivity index (χ4n) is 3.27. The van der Waals surface area contributed by atoms with Crippen LogP contribution >= 0.6 is 23.6 Å². The maximum absolute atomic E-state index is 5.47. The van der Waals surface area contributed by atoms with Crippen LogP contribution in [0.2, 0.25) is 0 Å². The standard InChI is InChI=1S/C17H22N6S2/c1-12(2)23-17(24)22(19-20-23)11-21-9-7-13(8-10-21)16-18-14-5-3-4-6-15(14)25-16/h3-6,12-13H,7-11H2,1-2H3. The minimum absolute atomic E-state index is 0.242. The highest BCUT2D eigenvalue weighted by Gasteiger charge is 2.24. The summed E-state index contributed by atoms with van der Waals surface area (Å²) in [6.07, 6.45) is 2.26. The second-order valence-electron chi connectivity index (χ2n) is 6.85. The van der Waals surface area contributed by atoms with Crippen LogP contribution in [-0.4, -0.2) is 42.8 Å². The molecule has 0 saturated carbocycles. The Kier molecular flexibility index (Phi) is 4.66. The lowest BCUT2D eigenvalue weighted by Crippen LogP contribution is -2.35. The van der Waals surface area contributed by atoms with E-state index >= 15 is 0 Å². The van der Waals surface area contributed by atoms with Crippen molar-refractivity contribution in [2.45, 2.75) is 45.3 Å². The van der Waals surface area contributed by atoms with Gasteiger partial charge in [-0.1, -0.05) is 12.1 Å². The molecule has 0 bridgehead atoms. The van der Waals surface area contributed by atoms with Crippen LogP contribution < -0.4 is 0 Å². The van der Waals surface area contributed by atoms with Gasteiger partial charge in [-0.05, 0) is 61.5 Å². The summed E-state index contributed by atoms with van der Waals surface area (Å²) in [7, 11) is 0. The van der Waals surface area contributed by atoms with Gasteiger partial charge in [0.15, 0.2) is 0 Å². The Hall–Kier alpha value is -1.64. The predicted octanol–water partition coefficient (Wildman–Crippen LogP) is 3.84. The molecule has 3 aromatic rings. The highest BCUT2D eigenvalue weighted by molar-refractivity contribution is 7.71. The Morgan fingerprint density at radius 3 is 2.64 bits per heavy atom. The van der Waals surface area contributed by atoms with E-state index in [4.69, 9.17) is 17.2 Å². The van der Waals surface area contributed by atoms with E-state index in [2.05, 4.69) is 53.4 Å². The summed E-state index contributed by atoms with van der Waals surface area (Å²) in [4.78, 5) is 7.24. The number of hydrogen-bond acceptors (Lipinski definition) is 6. The number of piperidine rings is 1. The van der Waals surface area contributed by atoms with Gasteiger partial charge in [-0.2, -0.15) is 0 Å². The molecule has 0 amide bonds. The monoisotopic (exact) mass is 374 g/mol. The summed E-state index contributed by atoms with van der Waals surface area (Å²) in [6, 6.07) is 8.64. The molecule has 6 nitrogen and oxygen atoms in total. The lowest BCUT2D eigenvalue weighted by Gasteiger charge is -2.30. The molecule has 3 heterocycles. The molecule has 0 radical (unpaired) electrons. The highest BCUT2D eigenvalue weighted by Crippen LogP contribution is 2.33. The van der Waals surface area contributed by atoms with E-state index in [0.717, 1.165) is 38.1 Å². The summed E-state index contributed by atoms with van der Waals surface area (Å²) >= 11 is 7.31. The third-order valence-corrected chi connectivity index (χ3v) is 6.33. The topological polar surface area (TPSA) is 51.8 Å². The molecule has 132 valence electrons. The average molecular weight is 375 g/mol. The lowest BCUT2D eigenvalue weighted by atomic mass is 9.98. The van der Waals surface area contributed by atoms with Crippen LogP contribution in [-0.2, 0) is 6.67 Å². The quantitative estimate of drug-likeness (QED) is 0.650. The van der Waals surface area contributed by atoms with Crippen molar-refractivity contribution < 1.29 is 0 Å². The third kappa shape index (κ3) is 3.38. The van der Waals surface area contributed by atoms with E-state index in [1.807, 2.05) is 16.0 Å². The summed E-state index contributed by atoms with van der Waals surface area (Å²) in [6.45, 7) is 6.93. The highest BCUT2D eigenvalue weighted by atomic mass is 32.1. The van der Waals surface area contributed by atoms with E-state index in [1.165, 1.54) is 9.71 Å². The number of tetrazole rings is 1. The molecule has 1 saturated heterocycles. The summed E-state index contributed by atoms with van der Waals surface area (Å²) in [5.74, 6) is 0.563. The molecule has 25 heavy (non-hydrogen) atoms. The van der Waals surface area contributed by atoms with Crippen LogP contribution in [0.5, 0.6) is 0 Å². The Bertz CT molecular complexity index is 884. The summed E-state index contributed by atoms with van der Waals surface area (Å²) < 4.78 is 5.61. The van der Waals surface area contributed by atoms with Gasteiger partial charge in [0.25, 0.3) is 0 Å². The van der Waals surface area contributed by atoms with Crippen LogP contribution in [0.25, 0.3) is 10.2 Å². The zero-order valence-electron chi connectivity index (χ0n) is 14.5. The van der Waals surface area contributed by atoms with Gasteiger partial charge in [-0.15, -0.1) is 11.3 Å². The van der Waals surface area contributed by atoms with E-state index < -0.39 is 0 Å². The first-order valence-electron chi connectivity index (χ1n) is 8.72. The fourth-order valence-corrected chi connectivity index (χ4v) is 4.75. The largest absolute Gasteiger partial charge is 0.284 e. The molecular formula is C17H22N6S2. The van der Waals surface area contributed by atoms with Crippen molar-refractivity contribution in [2.75, 3.05) is 13.1 Å². The molecule has 4 rings (SSSR count). The number of benzene rings is 1. The van der Waals surface area contributed by atoms with Gasteiger partial charge >= 0.3 is 0 Å². The molecule has 0 N–H and O–H groups in total. The molecule has 0 atom stereocenters. The Morgan fingerprint density at radius 1 is 1.20 bits per heavy atom. The van der Waals surface area contributed by atoms with Crippen molar-refractivity contribution in [3.63, 3.8) is 0 Å². The predicted molar refractivity (Wildman–Crippen MR) is 102 cm³/mol. The first-order chi connectivity index (χ1) is 12.1. The van der Waals surface area contributed by atoms with Gasteiger partial charge < -0.3 is 0 Å². The number of hydrogen-bond donors (Lipinski definition) is 0. The van der Waals surface area contributed by atoms with Crippen molar-refractivity contribution in [3.05, 3.63) is 34.0 Å². The maximum Gasteiger partial charge on any atom is 0.217 e. The molecule has 2 aromatic heterocycles. The van der Waals surface area contributed by atoms with Crippen LogP contribution in [0.3, 0.4) is 0 Å². The zero-order chi connectivity index (χ0) is 17.4. The van der Waals surface area contributed by atoms with Crippen molar-refractivity contribution in [1.82, 2.24) is 29.7 Å². The number of likely N-dealkylation sites (tertiary alicyclic amines) is 1. The molecule has 0 unspecified atom stereocenters. The second-order valence-corrected chi connectivity index (χ2v) is 8.28. The molecule has 1 aliphatic rings. The summed E-state index contributed by atoms with van der Waals surface area (Å²) in [5, 5.41) is 9.65. The fraction of sp³-hybridized carbons (Fsp3) is 0.529. The van der Waals surface area contributed by atoms with E-state index in [1.54, 1.807) is 4.68 Å². The first kappa shape index (κ1) is 16.8. The molecule has 1 fully saturated rings. The molecular weight excluding hydrogens is 352 g/mol. The number of nitrogens with zero attached hydrogens (tertiary/aromatic N) is 6. The maximum atomic E-state index is 5.47. The normalized spacial score (nSPS) is 16.9. The number of para-hydroxylation sites is 1. The van der Waals surface area contributed by atoms with E-state index in [-0.39, 0.29) is 6.04 Å². The van der Waals surface area contributed by atoms with Crippen LogP contribution in [0.4, 0.5) is 0 Å².